The first-order valence-corrected chi connectivity index (χ1v) is 9.19. The molecule has 0 spiro atoms. The third-order valence-corrected chi connectivity index (χ3v) is 4.62. The average Bonchev–Trinajstić information content (AvgIpc) is 3.04. The molecule has 0 radical (unpaired) electrons. The van der Waals surface area contributed by atoms with Crippen molar-refractivity contribution in [3.8, 4) is 5.69 Å². The predicted molar refractivity (Wildman–Crippen MR) is 108 cm³/mol. The second-order valence-electron chi connectivity index (χ2n) is 6.08. The molecule has 0 aliphatic rings. The first-order valence-electron chi connectivity index (χ1n) is 8.40. The van der Waals surface area contributed by atoms with Crippen molar-refractivity contribution in [1.82, 2.24) is 15.1 Å². The van der Waals surface area contributed by atoms with Crippen LogP contribution >= 0.6 is 15.9 Å². The quantitative estimate of drug-likeness (QED) is 0.653. The molecule has 2 N–H and O–H groups in total. The summed E-state index contributed by atoms with van der Waals surface area (Å²) in [6.45, 7) is 3.60. The minimum atomic E-state index is -0.336. The molecule has 0 aliphatic heterocycles. The number of amides is 2. The van der Waals surface area contributed by atoms with E-state index in [0.717, 1.165) is 15.7 Å². The Balaban J connectivity index is 1.63. The zero-order valence-corrected chi connectivity index (χ0v) is 16.6. The van der Waals surface area contributed by atoms with Gasteiger partial charge < -0.3 is 10.6 Å². The fourth-order valence-corrected chi connectivity index (χ4v) is 3.16. The van der Waals surface area contributed by atoms with Crippen LogP contribution in [0.25, 0.3) is 5.69 Å². The number of aryl methyl sites for hydroxylation is 1. The molecule has 0 atom stereocenters. The molecule has 2 amide bonds. The number of anilines is 1. The van der Waals surface area contributed by atoms with Crippen LogP contribution in [0.2, 0.25) is 0 Å². The monoisotopic (exact) mass is 426 g/mol. The minimum Gasteiger partial charge on any atom is -0.343 e. The Morgan fingerprint density at radius 3 is 2.56 bits per heavy atom. The van der Waals surface area contributed by atoms with Gasteiger partial charge in [-0.2, -0.15) is 5.10 Å². The van der Waals surface area contributed by atoms with Crippen molar-refractivity contribution in [3.05, 3.63) is 76.0 Å². The summed E-state index contributed by atoms with van der Waals surface area (Å²) in [5.74, 6) is -0.626. The van der Waals surface area contributed by atoms with E-state index in [1.54, 1.807) is 4.68 Å². The number of benzene rings is 2. The Kier molecular flexibility index (Phi) is 5.71. The highest BCUT2D eigenvalue weighted by Crippen LogP contribution is 2.20. The van der Waals surface area contributed by atoms with E-state index in [1.807, 2.05) is 62.4 Å². The third kappa shape index (κ3) is 4.43. The van der Waals surface area contributed by atoms with E-state index in [1.165, 1.54) is 6.20 Å². The highest BCUT2D eigenvalue weighted by molar-refractivity contribution is 9.10. The molecular weight excluding hydrogens is 408 g/mol. The number of aromatic nitrogens is 2. The Labute approximate surface area is 165 Å². The van der Waals surface area contributed by atoms with Gasteiger partial charge in [-0.25, -0.2) is 4.68 Å². The van der Waals surface area contributed by atoms with Crippen LogP contribution in [0.1, 0.15) is 21.6 Å². The summed E-state index contributed by atoms with van der Waals surface area (Å²) in [6, 6.07) is 15.1. The zero-order chi connectivity index (χ0) is 19.4. The lowest BCUT2D eigenvalue weighted by Crippen LogP contribution is -2.33. The molecule has 27 heavy (non-hydrogen) atoms. The maximum absolute atomic E-state index is 12.4. The molecular formula is C20H19BrN4O2. The lowest BCUT2D eigenvalue weighted by molar-refractivity contribution is -0.115. The third-order valence-electron chi connectivity index (χ3n) is 4.13. The predicted octanol–water partition coefficient (Wildman–Crippen LogP) is 3.62. The Morgan fingerprint density at radius 1 is 1.11 bits per heavy atom. The smallest absolute Gasteiger partial charge is 0.255 e. The van der Waals surface area contributed by atoms with Crippen LogP contribution in [-0.4, -0.2) is 28.1 Å². The van der Waals surface area contributed by atoms with Gasteiger partial charge in [0.15, 0.2) is 0 Å². The topological polar surface area (TPSA) is 76.0 Å². The Morgan fingerprint density at radius 2 is 1.85 bits per heavy atom. The highest BCUT2D eigenvalue weighted by atomic mass is 79.9. The molecule has 0 aliphatic carbocycles. The number of nitrogens with one attached hydrogen (secondary N) is 2. The number of para-hydroxylation sites is 1. The van der Waals surface area contributed by atoms with Crippen molar-refractivity contribution in [2.45, 2.75) is 13.8 Å². The van der Waals surface area contributed by atoms with E-state index in [9.17, 15) is 9.59 Å². The summed E-state index contributed by atoms with van der Waals surface area (Å²) in [5.41, 5.74) is 3.67. The second-order valence-corrected chi connectivity index (χ2v) is 7.00. The first-order chi connectivity index (χ1) is 13.0. The van der Waals surface area contributed by atoms with Gasteiger partial charge in [0.1, 0.15) is 0 Å². The summed E-state index contributed by atoms with van der Waals surface area (Å²) in [5, 5.41) is 9.71. The molecule has 6 nitrogen and oxygen atoms in total. The summed E-state index contributed by atoms with van der Waals surface area (Å²) < 4.78 is 2.64. The highest BCUT2D eigenvalue weighted by Gasteiger charge is 2.16. The van der Waals surface area contributed by atoms with E-state index in [2.05, 4.69) is 31.7 Å². The molecule has 3 rings (SSSR count). The minimum absolute atomic E-state index is 0.121. The van der Waals surface area contributed by atoms with Gasteiger partial charge in [0.25, 0.3) is 5.91 Å². The number of rotatable bonds is 5. The van der Waals surface area contributed by atoms with Crippen LogP contribution in [0.3, 0.4) is 0 Å². The van der Waals surface area contributed by atoms with Gasteiger partial charge >= 0.3 is 0 Å². The molecule has 1 aromatic heterocycles. The standard InChI is InChI=1S/C20H19BrN4O2/c1-13-10-15(21)8-9-18(13)24-19(26)12-22-20(27)17-11-23-25(14(17)2)16-6-4-3-5-7-16/h3-11H,12H2,1-2H3,(H,22,27)(H,24,26). The van der Waals surface area contributed by atoms with E-state index in [-0.39, 0.29) is 18.4 Å². The fraction of sp³-hybridized carbons (Fsp3) is 0.150. The first kappa shape index (κ1) is 18.8. The summed E-state index contributed by atoms with van der Waals surface area (Å²) in [6.07, 6.45) is 1.51. The normalized spacial score (nSPS) is 10.5. The lowest BCUT2D eigenvalue weighted by Gasteiger charge is -2.10. The van der Waals surface area contributed by atoms with Crippen LogP contribution < -0.4 is 10.6 Å². The van der Waals surface area contributed by atoms with Gasteiger partial charge in [-0.05, 0) is 49.7 Å². The summed E-state index contributed by atoms with van der Waals surface area (Å²) in [4.78, 5) is 24.6. The van der Waals surface area contributed by atoms with Gasteiger partial charge in [0, 0.05) is 10.2 Å². The Bertz CT molecular complexity index is 983. The molecule has 2 aromatic carbocycles. The SMILES string of the molecule is Cc1cc(Br)ccc1NC(=O)CNC(=O)c1cnn(-c2ccccc2)c1C. The number of hydrogen-bond acceptors (Lipinski definition) is 3. The molecule has 0 saturated carbocycles. The van der Waals surface area contributed by atoms with Crippen molar-refractivity contribution in [1.29, 1.82) is 0 Å². The lowest BCUT2D eigenvalue weighted by atomic mass is 10.2. The average molecular weight is 427 g/mol. The maximum atomic E-state index is 12.4. The van der Waals surface area contributed by atoms with Gasteiger partial charge in [0.05, 0.1) is 29.7 Å². The largest absolute Gasteiger partial charge is 0.343 e. The number of hydrogen-bond donors (Lipinski definition) is 2. The Hall–Kier alpha value is -2.93. The summed E-state index contributed by atoms with van der Waals surface area (Å²) in [7, 11) is 0. The van der Waals surface area contributed by atoms with E-state index in [4.69, 9.17) is 0 Å². The molecule has 0 unspecified atom stereocenters. The molecule has 1 heterocycles. The van der Waals surface area contributed by atoms with E-state index < -0.39 is 0 Å². The molecule has 0 fully saturated rings. The van der Waals surface area contributed by atoms with Gasteiger partial charge in [0.2, 0.25) is 5.91 Å². The molecule has 7 heteroatoms. The van der Waals surface area contributed by atoms with Crippen molar-refractivity contribution >= 4 is 33.4 Å². The van der Waals surface area contributed by atoms with Gasteiger partial charge in [-0.1, -0.05) is 34.1 Å². The van der Waals surface area contributed by atoms with Crippen LogP contribution in [0, 0.1) is 13.8 Å². The van der Waals surface area contributed by atoms with E-state index in [0.29, 0.717) is 16.9 Å². The van der Waals surface area contributed by atoms with Gasteiger partial charge in [-0.3, -0.25) is 9.59 Å². The van der Waals surface area contributed by atoms with Crippen molar-refractivity contribution in [2.24, 2.45) is 0 Å². The molecule has 138 valence electrons. The van der Waals surface area contributed by atoms with Gasteiger partial charge in [-0.15, -0.1) is 0 Å². The van der Waals surface area contributed by atoms with Crippen LogP contribution in [-0.2, 0) is 4.79 Å². The second kappa shape index (κ2) is 8.18. The molecule has 0 saturated heterocycles. The maximum Gasteiger partial charge on any atom is 0.255 e. The fourth-order valence-electron chi connectivity index (χ4n) is 2.68. The number of halogens is 1. The number of carbonyl (C=O) groups is 2. The number of nitrogens with zero attached hydrogens (tertiary/aromatic N) is 2. The summed E-state index contributed by atoms with van der Waals surface area (Å²) >= 11 is 3.39. The van der Waals surface area contributed by atoms with Crippen molar-refractivity contribution < 1.29 is 9.59 Å². The molecule has 0 bridgehead atoms. The van der Waals surface area contributed by atoms with Crippen LogP contribution in [0.5, 0.6) is 0 Å². The van der Waals surface area contributed by atoms with Crippen molar-refractivity contribution in [3.63, 3.8) is 0 Å². The van der Waals surface area contributed by atoms with Crippen molar-refractivity contribution in [2.75, 3.05) is 11.9 Å². The molecule has 3 aromatic rings. The zero-order valence-electron chi connectivity index (χ0n) is 15.0. The number of carbonyl (C=O) groups excluding carboxylic acids is 2. The van der Waals surface area contributed by atoms with E-state index >= 15 is 0 Å². The van der Waals surface area contributed by atoms with Crippen LogP contribution in [0.15, 0.2) is 59.2 Å². The van der Waals surface area contributed by atoms with Crippen LogP contribution in [0.4, 0.5) is 5.69 Å².